The van der Waals surface area contributed by atoms with E-state index in [1.165, 1.54) is 23.1 Å². The van der Waals surface area contributed by atoms with Crippen LogP contribution in [0.3, 0.4) is 0 Å². The summed E-state index contributed by atoms with van der Waals surface area (Å²) in [5.74, 6) is 0.922. The predicted octanol–water partition coefficient (Wildman–Crippen LogP) is 5.69. The highest BCUT2D eigenvalue weighted by atomic mass is 79.9. The van der Waals surface area contributed by atoms with Crippen molar-refractivity contribution in [2.45, 2.75) is 5.03 Å². The smallest absolute Gasteiger partial charge is 0.236 e. The van der Waals surface area contributed by atoms with E-state index >= 15 is 0 Å². The standard InChI is InChI=1S/C20H15BrN4OS2/c21-15-8-6-14(7-9-15)18-24-17(13-4-2-1-3-5-13)19(25-18)28-12-16(26)23-20-22-10-11-27-20/h1-11H,12H2,(H,24,25)(H,22,23,26). The molecular formula is C20H15BrN4OS2. The number of benzene rings is 2. The fraction of sp³-hybridized carbons (Fsp3) is 0.0500. The van der Waals surface area contributed by atoms with Crippen LogP contribution >= 0.6 is 39.0 Å². The molecule has 0 bridgehead atoms. The van der Waals surface area contributed by atoms with Gasteiger partial charge in [0.15, 0.2) is 5.13 Å². The van der Waals surface area contributed by atoms with Gasteiger partial charge in [0.05, 0.1) is 11.4 Å². The highest BCUT2D eigenvalue weighted by molar-refractivity contribution is 9.10. The maximum absolute atomic E-state index is 12.2. The Balaban J connectivity index is 1.59. The molecule has 0 fully saturated rings. The van der Waals surface area contributed by atoms with Gasteiger partial charge < -0.3 is 10.3 Å². The van der Waals surface area contributed by atoms with Gasteiger partial charge in [-0.3, -0.25) is 4.79 Å². The molecule has 4 rings (SSSR count). The van der Waals surface area contributed by atoms with Crippen LogP contribution < -0.4 is 5.32 Å². The van der Waals surface area contributed by atoms with Crippen molar-refractivity contribution < 1.29 is 4.79 Å². The van der Waals surface area contributed by atoms with Crippen molar-refractivity contribution in [3.63, 3.8) is 0 Å². The Morgan fingerprint density at radius 3 is 2.61 bits per heavy atom. The Bertz CT molecular complexity index is 1060. The molecule has 1 amide bonds. The van der Waals surface area contributed by atoms with E-state index in [1.54, 1.807) is 6.20 Å². The first kappa shape index (κ1) is 18.9. The summed E-state index contributed by atoms with van der Waals surface area (Å²) in [5, 5.41) is 6.02. The number of nitrogens with one attached hydrogen (secondary N) is 2. The number of rotatable bonds is 6. The molecule has 0 aliphatic heterocycles. The van der Waals surface area contributed by atoms with Gasteiger partial charge in [-0.05, 0) is 12.1 Å². The molecule has 0 radical (unpaired) electrons. The van der Waals surface area contributed by atoms with Crippen LogP contribution in [0.15, 0.2) is 75.7 Å². The quantitative estimate of drug-likeness (QED) is 0.354. The van der Waals surface area contributed by atoms with E-state index in [0.717, 1.165) is 32.1 Å². The van der Waals surface area contributed by atoms with Gasteiger partial charge in [0.2, 0.25) is 5.91 Å². The van der Waals surface area contributed by atoms with E-state index < -0.39 is 0 Å². The van der Waals surface area contributed by atoms with E-state index in [-0.39, 0.29) is 11.7 Å². The highest BCUT2D eigenvalue weighted by Gasteiger charge is 2.16. The lowest BCUT2D eigenvalue weighted by atomic mass is 10.2. The Morgan fingerprint density at radius 1 is 1.11 bits per heavy atom. The van der Waals surface area contributed by atoms with Crippen molar-refractivity contribution in [3.05, 3.63) is 70.6 Å². The molecule has 4 aromatic rings. The normalized spacial score (nSPS) is 10.8. The molecular weight excluding hydrogens is 456 g/mol. The number of anilines is 1. The predicted molar refractivity (Wildman–Crippen MR) is 119 cm³/mol. The number of halogens is 1. The molecule has 140 valence electrons. The zero-order valence-electron chi connectivity index (χ0n) is 14.6. The Morgan fingerprint density at radius 2 is 1.89 bits per heavy atom. The number of aromatic amines is 1. The van der Waals surface area contributed by atoms with Crippen LogP contribution in [0.25, 0.3) is 22.6 Å². The van der Waals surface area contributed by atoms with Gasteiger partial charge in [-0.25, -0.2) is 9.97 Å². The first-order valence-corrected chi connectivity index (χ1v) is 11.1. The molecule has 0 spiro atoms. The largest absolute Gasteiger partial charge is 0.337 e. The molecule has 0 atom stereocenters. The minimum Gasteiger partial charge on any atom is -0.337 e. The summed E-state index contributed by atoms with van der Waals surface area (Å²) in [4.78, 5) is 24.5. The molecule has 2 aromatic carbocycles. The van der Waals surface area contributed by atoms with Gasteiger partial charge in [-0.1, -0.05) is 70.2 Å². The minimum absolute atomic E-state index is 0.104. The maximum atomic E-state index is 12.2. The third-order valence-corrected chi connectivity index (χ3v) is 6.06. The molecule has 0 aliphatic rings. The molecule has 2 N–H and O–H groups in total. The van der Waals surface area contributed by atoms with Crippen LogP contribution in [-0.4, -0.2) is 26.6 Å². The van der Waals surface area contributed by atoms with Crippen molar-refractivity contribution in [3.8, 4) is 22.6 Å². The number of H-pyrrole nitrogens is 1. The lowest BCUT2D eigenvalue weighted by molar-refractivity contribution is -0.113. The number of carbonyl (C=O) groups is 1. The topological polar surface area (TPSA) is 70.7 Å². The van der Waals surface area contributed by atoms with Gasteiger partial charge in [0.25, 0.3) is 0 Å². The van der Waals surface area contributed by atoms with Crippen LogP contribution in [0.2, 0.25) is 0 Å². The number of hydrogen-bond donors (Lipinski definition) is 2. The summed E-state index contributed by atoms with van der Waals surface area (Å²) in [6.45, 7) is 0. The Labute approximate surface area is 178 Å². The van der Waals surface area contributed by atoms with Gasteiger partial charge in [-0.15, -0.1) is 11.3 Å². The summed E-state index contributed by atoms with van der Waals surface area (Å²) in [6.07, 6.45) is 1.67. The first-order chi connectivity index (χ1) is 13.7. The summed E-state index contributed by atoms with van der Waals surface area (Å²) >= 11 is 6.26. The van der Waals surface area contributed by atoms with Crippen LogP contribution in [-0.2, 0) is 4.79 Å². The van der Waals surface area contributed by atoms with Gasteiger partial charge >= 0.3 is 0 Å². The number of imidazole rings is 1. The molecule has 0 saturated heterocycles. The highest BCUT2D eigenvalue weighted by Crippen LogP contribution is 2.32. The maximum Gasteiger partial charge on any atom is 0.236 e. The average molecular weight is 471 g/mol. The molecule has 0 saturated carbocycles. The van der Waals surface area contributed by atoms with E-state index in [2.05, 4.69) is 31.2 Å². The molecule has 8 heteroatoms. The van der Waals surface area contributed by atoms with Crippen molar-refractivity contribution in [2.24, 2.45) is 0 Å². The number of carbonyl (C=O) groups excluding carboxylic acids is 1. The van der Waals surface area contributed by atoms with E-state index in [0.29, 0.717) is 5.13 Å². The van der Waals surface area contributed by atoms with Crippen molar-refractivity contribution in [2.75, 3.05) is 11.1 Å². The molecule has 0 aliphatic carbocycles. The number of aromatic nitrogens is 3. The Hall–Kier alpha value is -2.42. The van der Waals surface area contributed by atoms with Gasteiger partial charge in [-0.2, -0.15) is 0 Å². The van der Waals surface area contributed by atoms with Crippen LogP contribution in [0, 0.1) is 0 Å². The van der Waals surface area contributed by atoms with Gasteiger partial charge in [0, 0.05) is 27.2 Å². The minimum atomic E-state index is -0.104. The van der Waals surface area contributed by atoms with Gasteiger partial charge in [0.1, 0.15) is 10.9 Å². The van der Waals surface area contributed by atoms with E-state index in [4.69, 9.17) is 4.98 Å². The number of amides is 1. The number of nitrogens with zero attached hydrogens (tertiary/aromatic N) is 2. The molecule has 5 nitrogen and oxygen atoms in total. The monoisotopic (exact) mass is 470 g/mol. The second-order valence-electron chi connectivity index (χ2n) is 5.81. The average Bonchev–Trinajstić information content (AvgIpc) is 3.37. The lowest BCUT2D eigenvalue weighted by Crippen LogP contribution is -2.13. The zero-order chi connectivity index (χ0) is 19.3. The van der Waals surface area contributed by atoms with Crippen LogP contribution in [0.1, 0.15) is 0 Å². The molecule has 2 heterocycles. The zero-order valence-corrected chi connectivity index (χ0v) is 17.8. The first-order valence-electron chi connectivity index (χ1n) is 8.42. The molecule has 28 heavy (non-hydrogen) atoms. The molecule has 2 aromatic heterocycles. The fourth-order valence-corrected chi connectivity index (χ4v) is 4.20. The summed E-state index contributed by atoms with van der Waals surface area (Å²) in [5.41, 5.74) is 2.92. The Kier molecular flexibility index (Phi) is 5.90. The van der Waals surface area contributed by atoms with E-state index in [1.807, 2.05) is 60.0 Å². The van der Waals surface area contributed by atoms with Crippen molar-refractivity contribution in [1.29, 1.82) is 0 Å². The van der Waals surface area contributed by atoms with E-state index in [9.17, 15) is 4.79 Å². The number of hydrogen-bond acceptors (Lipinski definition) is 5. The second-order valence-corrected chi connectivity index (χ2v) is 8.59. The van der Waals surface area contributed by atoms with Crippen LogP contribution in [0.5, 0.6) is 0 Å². The van der Waals surface area contributed by atoms with Crippen molar-refractivity contribution in [1.82, 2.24) is 15.0 Å². The second kappa shape index (κ2) is 8.72. The summed E-state index contributed by atoms with van der Waals surface area (Å²) in [7, 11) is 0. The lowest BCUT2D eigenvalue weighted by Gasteiger charge is -2.03. The summed E-state index contributed by atoms with van der Waals surface area (Å²) < 4.78 is 1.01. The number of thioether (sulfide) groups is 1. The van der Waals surface area contributed by atoms with Crippen molar-refractivity contribution >= 4 is 50.1 Å². The third-order valence-electron chi connectivity index (χ3n) is 3.87. The van der Waals surface area contributed by atoms with Crippen LogP contribution in [0.4, 0.5) is 5.13 Å². The molecule has 0 unspecified atom stereocenters. The SMILES string of the molecule is O=C(CSc1nc(-c2ccc(Br)cc2)[nH]c1-c1ccccc1)Nc1nccs1. The fourth-order valence-electron chi connectivity index (χ4n) is 2.58. The third kappa shape index (κ3) is 4.52. The summed E-state index contributed by atoms with van der Waals surface area (Å²) in [6, 6.07) is 18.0. The number of thiazole rings is 1.